The highest BCUT2D eigenvalue weighted by atomic mass is 35.5. The van der Waals surface area contributed by atoms with Gasteiger partial charge in [0, 0.05) is 41.7 Å². The van der Waals surface area contributed by atoms with Crippen LogP contribution in [-0.2, 0) is 12.0 Å². The van der Waals surface area contributed by atoms with Gasteiger partial charge in [0.25, 0.3) is 5.91 Å². The quantitative estimate of drug-likeness (QED) is 0.617. The molecule has 0 atom stereocenters. The molecular formula is C25H28ClN5O2. The van der Waals surface area contributed by atoms with Crippen molar-refractivity contribution in [3.8, 4) is 17.1 Å². The highest BCUT2D eigenvalue weighted by molar-refractivity contribution is 6.30. The van der Waals surface area contributed by atoms with Crippen molar-refractivity contribution in [2.75, 3.05) is 20.2 Å². The van der Waals surface area contributed by atoms with E-state index in [4.69, 9.17) is 22.1 Å². The lowest BCUT2D eigenvalue weighted by atomic mass is 9.68. The molecular weight excluding hydrogens is 438 g/mol. The SMILES string of the molecule is COc1ccc(-c2nnc3n2CCN(C2CCC(CN)(c4cccc(Cl)c4)CC2)C3=O)cc1. The Morgan fingerprint density at radius 2 is 1.82 bits per heavy atom. The third-order valence-electron chi connectivity index (χ3n) is 7.30. The van der Waals surface area contributed by atoms with Crippen molar-refractivity contribution < 1.29 is 9.53 Å². The van der Waals surface area contributed by atoms with Crippen LogP contribution in [0.15, 0.2) is 48.5 Å². The fraction of sp³-hybridized carbons (Fsp3) is 0.400. The number of carbonyl (C=O) groups is 1. The second-order valence-corrected chi connectivity index (χ2v) is 9.39. The second kappa shape index (κ2) is 8.80. The van der Waals surface area contributed by atoms with Gasteiger partial charge in [-0.15, -0.1) is 10.2 Å². The first-order chi connectivity index (χ1) is 16.0. The first-order valence-electron chi connectivity index (χ1n) is 11.4. The van der Waals surface area contributed by atoms with E-state index in [-0.39, 0.29) is 17.4 Å². The molecule has 2 heterocycles. The summed E-state index contributed by atoms with van der Waals surface area (Å²) in [6.07, 6.45) is 3.69. The Hall–Kier alpha value is -2.90. The molecule has 1 aliphatic carbocycles. The van der Waals surface area contributed by atoms with Crippen molar-refractivity contribution in [1.82, 2.24) is 19.7 Å². The summed E-state index contributed by atoms with van der Waals surface area (Å²) in [4.78, 5) is 15.3. The van der Waals surface area contributed by atoms with E-state index < -0.39 is 0 Å². The van der Waals surface area contributed by atoms with E-state index in [0.29, 0.717) is 31.3 Å². The summed E-state index contributed by atoms with van der Waals surface area (Å²) in [6, 6.07) is 15.9. The van der Waals surface area contributed by atoms with Crippen LogP contribution in [0.1, 0.15) is 41.9 Å². The maximum atomic E-state index is 13.3. The smallest absolute Gasteiger partial charge is 0.292 e. The lowest BCUT2D eigenvalue weighted by Crippen LogP contribution is -2.50. The molecule has 5 rings (SSSR count). The molecule has 33 heavy (non-hydrogen) atoms. The molecule has 0 spiro atoms. The van der Waals surface area contributed by atoms with Crippen LogP contribution in [0.25, 0.3) is 11.4 Å². The minimum absolute atomic E-state index is 0.0403. The number of nitrogens with zero attached hydrogens (tertiary/aromatic N) is 4. The Balaban J connectivity index is 1.32. The second-order valence-electron chi connectivity index (χ2n) is 8.95. The van der Waals surface area contributed by atoms with Crippen LogP contribution in [0.4, 0.5) is 0 Å². The lowest BCUT2D eigenvalue weighted by molar-refractivity contribution is 0.0523. The van der Waals surface area contributed by atoms with Crippen molar-refractivity contribution >= 4 is 17.5 Å². The minimum Gasteiger partial charge on any atom is -0.497 e. The number of ether oxygens (including phenoxy) is 1. The van der Waals surface area contributed by atoms with Gasteiger partial charge in [0.2, 0.25) is 5.82 Å². The number of rotatable bonds is 5. The molecule has 2 N–H and O–H groups in total. The van der Waals surface area contributed by atoms with Gasteiger partial charge in [0.1, 0.15) is 5.75 Å². The van der Waals surface area contributed by atoms with Crippen LogP contribution in [0.5, 0.6) is 5.75 Å². The molecule has 0 radical (unpaired) electrons. The van der Waals surface area contributed by atoms with E-state index >= 15 is 0 Å². The molecule has 1 amide bonds. The fourth-order valence-electron chi connectivity index (χ4n) is 5.31. The summed E-state index contributed by atoms with van der Waals surface area (Å²) in [5.74, 6) is 1.87. The van der Waals surface area contributed by atoms with Crippen LogP contribution >= 0.6 is 11.6 Å². The van der Waals surface area contributed by atoms with Gasteiger partial charge in [-0.2, -0.15) is 0 Å². The van der Waals surface area contributed by atoms with Crippen molar-refractivity contribution in [3.63, 3.8) is 0 Å². The van der Waals surface area contributed by atoms with Gasteiger partial charge >= 0.3 is 0 Å². The first-order valence-corrected chi connectivity index (χ1v) is 11.8. The molecule has 3 aromatic rings. The third kappa shape index (κ3) is 3.89. The Kier molecular flexibility index (Phi) is 5.85. The molecule has 8 heteroatoms. The molecule has 172 valence electrons. The molecule has 1 saturated carbocycles. The van der Waals surface area contributed by atoms with Gasteiger partial charge in [0.05, 0.1) is 7.11 Å². The van der Waals surface area contributed by atoms with Crippen LogP contribution in [-0.4, -0.2) is 51.8 Å². The van der Waals surface area contributed by atoms with Crippen LogP contribution < -0.4 is 10.5 Å². The first kappa shape index (κ1) is 21.9. The fourth-order valence-corrected chi connectivity index (χ4v) is 5.50. The number of nitrogens with two attached hydrogens (primary N) is 1. The standard InChI is InChI=1S/C25H28ClN5O2/c1-33-21-7-5-17(6-8-21)22-28-29-23-24(32)30(13-14-31(22)23)20-9-11-25(16-27,12-10-20)18-3-2-4-19(26)15-18/h2-8,15,20H,9-14,16,27H2,1H3. The Morgan fingerprint density at radius 1 is 1.09 bits per heavy atom. The van der Waals surface area contributed by atoms with Gasteiger partial charge in [0.15, 0.2) is 5.82 Å². The van der Waals surface area contributed by atoms with Gasteiger partial charge in [-0.05, 0) is 67.6 Å². The zero-order valence-electron chi connectivity index (χ0n) is 18.7. The Bertz CT molecular complexity index is 1150. The number of hydrogen-bond acceptors (Lipinski definition) is 5. The summed E-state index contributed by atoms with van der Waals surface area (Å²) in [5.41, 5.74) is 8.29. The summed E-state index contributed by atoms with van der Waals surface area (Å²) >= 11 is 6.25. The molecule has 1 aromatic heterocycles. The summed E-state index contributed by atoms with van der Waals surface area (Å²) in [5, 5.41) is 9.33. The van der Waals surface area contributed by atoms with E-state index in [1.165, 1.54) is 5.56 Å². The van der Waals surface area contributed by atoms with E-state index in [1.54, 1.807) is 7.11 Å². The summed E-state index contributed by atoms with van der Waals surface area (Å²) < 4.78 is 7.17. The minimum atomic E-state index is -0.0816. The molecule has 1 fully saturated rings. The predicted octanol–water partition coefficient (Wildman–Crippen LogP) is 3.90. The van der Waals surface area contributed by atoms with Gasteiger partial charge in [-0.1, -0.05) is 23.7 Å². The highest BCUT2D eigenvalue weighted by Crippen LogP contribution is 2.41. The number of amides is 1. The van der Waals surface area contributed by atoms with Crippen LogP contribution in [0, 0.1) is 0 Å². The number of benzene rings is 2. The zero-order valence-corrected chi connectivity index (χ0v) is 19.5. The van der Waals surface area contributed by atoms with Gasteiger partial charge in [-0.25, -0.2) is 0 Å². The van der Waals surface area contributed by atoms with Gasteiger partial charge < -0.3 is 19.9 Å². The topological polar surface area (TPSA) is 86.3 Å². The Morgan fingerprint density at radius 3 is 2.48 bits per heavy atom. The number of fused-ring (bicyclic) bond motifs is 1. The number of aromatic nitrogens is 3. The largest absolute Gasteiger partial charge is 0.497 e. The molecule has 0 saturated heterocycles. The highest BCUT2D eigenvalue weighted by Gasteiger charge is 2.40. The Labute approximate surface area is 198 Å². The van der Waals surface area contributed by atoms with Gasteiger partial charge in [-0.3, -0.25) is 4.79 Å². The number of methoxy groups -OCH3 is 1. The molecule has 0 bridgehead atoms. The van der Waals surface area contributed by atoms with E-state index in [1.807, 2.05) is 51.9 Å². The van der Waals surface area contributed by atoms with Crippen molar-refractivity contribution in [1.29, 1.82) is 0 Å². The number of hydrogen-bond donors (Lipinski definition) is 1. The maximum Gasteiger partial charge on any atom is 0.292 e. The van der Waals surface area contributed by atoms with Crippen molar-refractivity contribution in [2.24, 2.45) is 5.73 Å². The van der Waals surface area contributed by atoms with Crippen molar-refractivity contribution in [3.05, 3.63) is 64.9 Å². The molecule has 2 aromatic carbocycles. The van der Waals surface area contributed by atoms with Crippen molar-refractivity contribution in [2.45, 2.75) is 43.7 Å². The normalized spacial score (nSPS) is 22.8. The maximum absolute atomic E-state index is 13.3. The lowest BCUT2D eigenvalue weighted by Gasteiger charge is -2.44. The monoisotopic (exact) mass is 465 g/mol. The van der Waals surface area contributed by atoms with Crippen LogP contribution in [0.3, 0.4) is 0 Å². The predicted molar refractivity (Wildman–Crippen MR) is 127 cm³/mol. The zero-order chi connectivity index (χ0) is 23.0. The number of carbonyl (C=O) groups excluding carboxylic acids is 1. The molecule has 0 unspecified atom stereocenters. The molecule has 2 aliphatic rings. The average molecular weight is 466 g/mol. The number of halogens is 1. The summed E-state index contributed by atoms with van der Waals surface area (Å²) in [7, 11) is 1.64. The molecule has 7 nitrogen and oxygen atoms in total. The molecule has 1 aliphatic heterocycles. The van der Waals surface area contributed by atoms with Crippen LogP contribution in [0.2, 0.25) is 5.02 Å². The average Bonchev–Trinajstić information content (AvgIpc) is 3.30. The van der Waals surface area contributed by atoms with E-state index in [0.717, 1.165) is 42.0 Å². The van der Waals surface area contributed by atoms with E-state index in [9.17, 15) is 4.79 Å². The third-order valence-corrected chi connectivity index (χ3v) is 7.53. The van der Waals surface area contributed by atoms with E-state index in [2.05, 4.69) is 16.3 Å². The summed E-state index contributed by atoms with van der Waals surface area (Å²) in [6.45, 7) is 1.92.